The molecule has 0 aliphatic rings. The highest BCUT2D eigenvalue weighted by Crippen LogP contribution is 2.11. The first kappa shape index (κ1) is 19.4. The maximum absolute atomic E-state index is 12.6. The zero-order chi connectivity index (χ0) is 18.1. The van der Waals surface area contributed by atoms with Crippen molar-refractivity contribution in [2.24, 2.45) is 0 Å². The lowest BCUT2D eigenvalue weighted by atomic mass is 10.1. The second-order valence-electron chi connectivity index (χ2n) is 5.45. The number of rotatable bonds is 8. The molecule has 0 aliphatic heterocycles. The number of nitrogens with one attached hydrogen (secondary N) is 1. The Hall–Kier alpha value is -2.63. The summed E-state index contributed by atoms with van der Waals surface area (Å²) in [5, 5.41) is 2.66. The monoisotopic (exact) mass is 332 g/mol. The van der Waals surface area contributed by atoms with E-state index in [4.69, 9.17) is 4.74 Å². The number of esters is 1. The second-order valence-corrected chi connectivity index (χ2v) is 5.45. The van der Waals surface area contributed by atoms with Crippen molar-refractivity contribution in [3.63, 3.8) is 0 Å². The van der Waals surface area contributed by atoms with Gasteiger partial charge in [0, 0.05) is 18.2 Å². The minimum Gasteiger partial charge on any atom is -0.465 e. The minimum atomic E-state index is -0.427. The van der Waals surface area contributed by atoms with Crippen LogP contribution in [-0.4, -0.2) is 41.9 Å². The van der Waals surface area contributed by atoms with E-state index in [0.717, 1.165) is 5.56 Å². The summed E-state index contributed by atoms with van der Waals surface area (Å²) in [4.78, 5) is 36.9. The van der Waals surface area contributed by atoms with Crippen molar-refractivity contribution in [2.75, 3.05) is 13.2 Å². The third-order valence-electron chi connectivity index (χ3n) is 3.34. The summed E-state index contributed by atoms with van der Waals surface area (Å²) in [6.07, 6.45) is 1.20. The molecular weight excluding hydrogens is 308 g/mol. The number of carbonyl (C=O) groups is 3. The lowest BCUT2D eigenvalue weighted by molar-refractivity contribution is -0.144. The Morgan fingerprint density at radius 3 is 2.38 bits per heavy atom. The van der Waals surface area contributed by atoms with Crippen LogP contribution in [0.3, 0.4) is 0 Å². The van der Waals surface area contributed by atoms with E-state index in [2.05, 4.69) is 11.9 Å². The molecule has 24 heavy (non-hydrogen) atoms. The molecule has 1 rings (SSSR count). The summed E-state index contributed by atoms with van der Waals surface area (Å²) >= 11 is 0. The third kappa shape index (κ3) is 5.87. The maximum Gasteiger partial charge on any atom is 0.325 e. The number of amides is 2. The van der Waals surface area contributed by atoms with E-state index in [9.17, 15) is 14.4 Å². The van der Waals surface area contributed by atoms with E-state index in [0.29, 0.717) is 12.1 Å². The molecule has 6 heteroatoms. The molecule has 0 radical (unpaired) electrons. The number of carbonyl (C=O) groups excluding carboxylic acids is 3. The van der Waals surface area contributed by atoms with E-state index in [1.165, 1.54) is 11.0 Å². The average molecular weight is 332 g/mol. The quantitative estimate of drug-likeness (QED) is 0.583. The van der Waals surface area contributed by atoms with Gasteiger partial charge in [-0.05, 0) is 44.5 Å². The van der Waals surface area contributed by atoms with Gasteiger partial charge in [0.05, 0.1) is 6.61 Å². The molecule has 1 aromatic carbocycles. The average Bonchev–Trinajstić information content (AvgIpc) is 2.57. The van der Waals surface area contributed by atoms with Gasteiger partial charge in [0.15, 0.2) is 0 Å². The van der Waals surface area contributed by atoms with Crippen LogP contribution in [0.5, 0.6) is 0 Å². The standard InChI is InChI=1S/C18H24N2O4/c1-5-16(21)19-11-14-7-9-15(10-8-14)18(23)20(13(3)4)12-17(22)24-6-2/h5,7-10,13H,1,6,11-12H2,2-4H3,(H,19,21). The summed E-state index contributed by atoms with van der Waals surface area (Å²) in [5.74, 6) is -0.918. The summed E-state index contributed by atoms with van der Waals surface area (Å²) in [6, 6.07) is 6.75. The molecule has 0 bridgehead atoms. The summed E-state index contributed by atoms with van der Waals surface area (Å²) in [6.45, 7) is 9.35. The topological polar surface area (TPSA) is 75.7 Å². The number of benzene rings is 1. The molecule has 0 fully saturated rings. The van der Waals surface area contributed by atoms with E-state index < -0.39 is 5.97 Å². The highest BCUT2D eigenvalue weighted by atomic mass is 16.5. The molecule has 6 nitrogen and oxygen atoms in total. The Bertz CT molecular complexity index is 594. The van der Waals surface area contributed by atoms with Crippen LogP contribution >= 0.6 is 0 Å². The molecule has 0 aromatic heterocycles. The van der Waals surface area contributed by atoms with Crippen molar-refractivity contribution >= 4 is 17.8 Å². The molecule has 0 saturated carbocycles. The molecule has 0 heterocycles. The molecule has 0 spiro atoms. The second kappa shape index (κ2) is 9.50. The Morgan fingerprint density at radius 1 is 1.25 bits per heavy atom. The van der Waals surface area contributed by atoms with E-state index in [-0.39, 0.29) is 31.0 Å². The van der Waals surface area contributed by atoms with Crippen molar-refractivity contribution in [3.05, 3.63) is 48.0 Å². The van der Waals surface area contributed by atoms with Gasteiger partial charge >= 0.3 is 5.97 Å². The Morgan fingerprint density at radius 2 is 1.88 bits per heavy atom. The minimum absolute atomic E-state index is 0.0819. The van der Waals surface area contributed by atoms with Crippen LogP contribution in [0.2, 0.25) is 0 Å². The van der Waals surface area contributed by atoms with Gasteiger partial charge < -0.3 is 15.0 Å². The van der Waals surface area contributed by atoms with Crippen molar-refractivity contribution in [2.45, 2.75) is 33.4 Å². The van der Waals surface area contributed by atoms with Crippen molar-refractivity contribution in [1.82, 2.24) is 10.2 Å². The van der Waals surface area contributed by atoms with Gasteiger partial charge in [-0.1, -0.05) is 18.7 Å². The third-order valence-corrected chi connectivity index (χ3v) is 3.34. The Balaban J connectivity index is 2.78. The fourth-order valence-electron chi connectivity index (χ4n) is 2.03. The van der Waals surface area contributed by atoms with Gasteiger partial charge in [0.1, 0.15) is 6.54 Å². The zero-order valence-corrected chi connectivity index (χ0v) is 14.4. The van der Waals surface area contributed by atoms with Crippen LogP contribution in [0.4, 0.5) is 0 Å². The molecule has 130 valence electrons. The highest BCUT2D eigenvalue weighted by molar-refractivity contribution is 5.96. The van der Waals surface area contributed by atoms with Crippen molar-refractivity contribution in [3.8, 4) is 0 Å². The Kier molecular flexibility index (Phi) is 7.68. The largest absolute Gasteiger partial charge is 0.465 e. The molecule has 1 N–H and O–H groups in total. The van der Waals surface area contributed by atoms with Crippen LogP contribution in [0, 0.1) is 0 Å². The molecule has 0 unspecified atom stereocenters. The van der Waals surface area contributed by atoms with Crippen LogP contribution < -0.4 is 5.32 Å². The number of hydrogen-bond acceptors (Lipinski definition) is 4. The molecule has 1 aromatic rings. The lowest BCUT2D eigenvalue weighted by Gasteiger charge is -2.25. The predicted molar refractivity (Wildman–Crippen MR) is 91.3 cm³/mol. The van der Waals surface area contributed by atoms with Gasteiger partial charge in [0.2, 0.25) is 5.91 Å². The SMILES string of the molecule is C=CC(=O)NCc1ccc(C(=O)N(CC(=O)OCC)C(C)C)cc1. The highest BCUT2D eigenvalue weighted by Gasteiger charge is 2.22. The lowest BCUT2D eigenvalue weighted by Crippen LogP contribution is -2.41. The molecular formula is C18H24N2O4. The number of hydrogen-bond donors (Lipinski definition) is 1. The predicted octanol–water partition coefficient (Wildman–Crippen LogP) is 1.90. The van der Waals surface area contributed by atoms with Crippen molar-refractivity contribution < 1.29 is 19.1 Å². The first-order valence-electron chi connectivity index (χ1n) is 7.84. The molecule has 2 amide bonds. The normalized spacial score (nSPS) is 10.2. The van der Waals surface area contributed by atoms with E-state index in [1.54, 1.807) is 31.2 Å². The van der Waals surface area contributed by atoms with Gasteiger partial charge in [-0.2, -0.15) is 0 Å². The van der Waals surface area contributed by atoms with Crippen molar-refractivity contribution in [1.29, 1.82) is 0 Å². The van der Waals surface area contributed by atoms with Crippen LogP contribution in [0.25, 0.3) is 0 Å². The van der Waals surface area contributed by atoms with Gasteiger partial charge in [-0.3, -0.25) is 14.4 Å². The summed E-state index contributed by atoms with van der Waals surface area (Å²) in [7, 11) is 0. The molecule has 0 atom stereocenters. The molecule has 0 saturated heterocycles. The summed E-state index contributed by atoms with van der Waals surface area (Å²) < 4.78 is 4.91. The summed E-state index contributed by atoms with van der Waals surface area (Å²) in [5.41, 5.74) is 1.34. The first-order valence-corrected chi connectivity index (χ1v) is 7.84. The van der Waals surface area contributed by atoms with Crippen LogP contribution in [-0.2, 0) is 20.9 Å². The Labute approximate surface area is 142 Å². The zero-order valence-electron chi connectivity index (χ0n) is 14.4. The smallest absolute Gasteiger partial charge is 0.325 e. The maximum atomic E-state index is 12.6. The van der Waals surface area contributed by atoms with Crippen LogP contribution in [0.15, 0.2) is 36.9 Å². The number of nitrogens with zero attached hydrogens (tertiary/aromatic N) is 1. The fraction of sp³-hybridized carbons (Fsp3) is 0.389. The first-order chi connectivity index (χ1) is 11.4. The van der Waals surface area contributed by atoms with E-state index >= 15 is 0 Å². The molecule has 0 aliphatic carbocycles. The fourth-order valence-corrected chi connectivity index (χ4v) is 2.03. The van der Waals surface area contributed by atoms with Gasteiger partial charge in [-0.15, -0.1) is 0 Å². The van der Waals surface area contributed by atoms with Crippen LogP contribution in [0.1, 0.15) is 36.7 Å². The number of ether oxygens (including phenoxy) is 1. The van der Waals surface area contributed by atoms with E-state index in [1.807, 2.05) is 13.8 Å². The van der Waals surface area contributed by atoms with Gasteiger partial charge in [0.25, 0.3) is 5.91 Å². The van der Waals surface area contributed by atoms with Gasteiger partial charge in [-0.25, -0.2) is 0 Å².